The molecule has 0 bridgehead atoms. The molecule has 1 fully saturated rings. The summed E-state index contributed by atoms with van der Waals surface area (Å²) in [4.78, 5) is 16.4. The van der Waals surface area contributed by atoms with Gasteiger partial charge in [0, 0.05) is 38.8 Å². The Morgan fingerprint density at radius 1 is 1.24 bits per heavy atom. The number of β-amino-alcohol motifs (C(OH)–C–C–N with tert-alkyl or cyclic N) is 1. The Bertz CT molecular complexity index is 681. The minimum absolute atomic E-state index is 0.103. The van der Waals surface area contributed by atoms with Gasteiger partial charge in [-0.25, -0.2) is 0 Å². The maximum atomic E-state index is 12.0. The number of aliphatic hydroxyl groups excluding tert-OH is 1. The maximum Gasteiger partial charge on any atom is 0.240 e. The summed E-state index contributed by atoms with van der Waals surface area (Å²) in [6.07, 6.45) is -0.481. The molecule has 1 aromatic heterocycles. The number of aryl methyl sites for hydroxylation is 1. The summed E-state index contributed by atoms with van der Waals surface area (Å²) in [5.74, 6) is 0.279. The predicted molar refractivity (Wildman–Crippen MR) is 94.2 cm³/mol. The molecule has 25 heavy (non-hydrogen) atoms. The molecule has 1 aromatic carbocycles. The van der Waals surface area contributed by atoms with E-state index in [-0.39, 0.29) is 5.91 Å². The number of aromatic nitrogens is 1. The number of hydrogen-bond acceptors (Lipinski definition) is 6. The van der Waals surface area contributed by atoms with Gasteiger partial charge in [-0.15, -0.1) is 0 Å². The Morgan fingerprint density at radius 3 is 2.56 bits per heavy atom. The lowest BCUT2D eigenvalue weighted by atomic mass is 10.1. The van der Waals surface area contributed by atoms with Crippen molar-refractivity contribution in [3.05, 3.63) is 47.7 Å². The van der Waals surface area contributed by atoms with Gasteiger partial charge < -0.3 is 9.63 Å². The molecule has 1 atom stereocenters. The van der Waals surface area contributed by atoms with Crippen molar-refractivity contribution in [3.63, 3.8) is 0 Å². The first-order valence-electron chi connectivity index (χ1n) is 8.51. The first kappa shape index (κ1) is 17.6. The topological polar surface area (TPSA) is 81.8 Å². The number of nitrogens with one attached hydrogen (secondary N) is 1. The molecule has 134 valence electrons. The molecule has 0 unspecified atom stereocenters. The van der Waals surface area contributed by atoms with Gasteiger partial charge in [0.15, 0.2) is 0 Å². The van der Waals surface area contributed by atoms with E-state index in [2.05, 4.69) is 20.3 Å². The maximum absolute atomic E-state index is 12.0. The molecule has 2 N–H and O–H groups in total. The Hall–Kier alpha value is -2.22. The number of aliphatic hydroxyl groups is 1. The highest BCUT2D eigenvalue weighted by Gasteiger charge is 2.21. The van der Waals surface area contributed by atoms with Crippen LogP contribution in [-0.2, 0) is 4.79 Å². The zero-order valence-electron chi connectivity index (χ0n) is 14.4. The van der Waals surface area contributed by atoms with Gasteiger partial charge in [0.05, 0.1) is 18.3 Å². The zero-order valence-corrected chi connectivity index (χ0v) is 14.4. The predicted octanol–water partition coefficient (Wildman–Crippen LogP) is 1.27. The Morgan fingerprint density at radius 2 is 1.92 bits per heavy atom. The van der Waals surface area contributed by atoms with Crippen LogP contribution < -0.4 is 5.32 Å². The molecule has 0 saturated carbocycles. The summed E-state index contributed by atoms with van der Waals surface area (Å²) in [5, 5.41) is 16.8. The van der Waals surface area contributed by atoms with Crippen molar-refractivity contribution in [2.45, 2.75) is 13.0 Å². The highest BCUT2D eigenvalue weighted by Crippen LogP contribution is 2.15. The lowest BCUT2D eigenvalue weighted by molar-refractivity contribution is -0.117. The second kappa shape index (κ2) is 8.24. The fourth-order valence-corrected chi connectivity index (χ4v) is 2.96. The molecular formula is C18H24N4O3. The van der Waals surface area contributed by atoms with Crippen molar-refractivity contribution in [2.24, 2.45) is 0 Å². The smallest absolute Gasteiger partial charge is 0.240 e. The van der Waals surface area contributed by atoms with E-state index >= 15 is 0 Å². The second-order valence-corrected chi connectivity index (χ2v) is 6.38. The van der Waals surface area contributed by atoms with Crippen LogP contribution in [0.15, 0.2) is 40.9 Å². The van der Waals surface area contributed by atoms with Gasteiger partial charge in [-0.05, 0) is 12.5 Å². The number of rotatable bonds is 6. The lowest BCUT2D eigenvalue weighted by Crippen LogP contribution is -2.49. The van der Waals surface area contributed by atoms with Crippen LogP contribution in [0.3, 0.4) is 0 Å². The Labute approximate surface area is 147 Å². The first-order valence-corrected chi connectivity index (χ1v) is 8.51. The van der Waals surface area contributed by atoms with Crippen LogP contribution in [0.25, 0.3) is 0 Å². The molecule has 2 heterocycles. The molecule has 2 aromatic rings. The molecule has 0 aliphatic carbocycles. The summed E-state index contributed by atoms with van der Waals surface area (Å²) in [6, 6.07) is 11.4. The second-order valence-electron chi connectivity index (χ2n) is 6.38. The Balaban J connectivity index is 1.40. The third-order valence-electron chi connectivity index (χ3n) is 4.34. The van der Waals surface area contributed by atoms with Crippen LogP contribution in [-0.4, -0.2) is 65.2 Å². The van der Waals surface area contributed by atoms with E-state index < -0.39 is 6.10 Å². The lowest BCUT2D eigenvalue weighted by Gasteiger charge is -2.35. The van der Waals surface area contributed by atoms with Gasteiger partial charge in [0.1, 0.15) is 0 Å². The molecule has 0 spiro atoms. The fourth-order valence-electron chi connectivity index (χ4n) is 2.96. The van der Waals surface area contributed by atoms with E-state index in [9.17, 15) is 9.90 Å². The summed E-state index contributed by atoms with van der Waals surface area (Å²) in [7, 11) is 0. The van der Waals surface area contributed by atoms with Gasteiger partial charge in [-0.3, -0.25) is 19.9 Å². The van der Waals surface area contributed by atoms with Crippen molar-refractivity contribution in [1.82, 2.24) is 15.0 Å². The van der Waals surface area contributed by atoms with Gasteiger partial charge in [-0.1, -0.05) is 35.5 Å². The number of hydrogen-bond donors (Lipinski definition) is 2. The standard InChI is InChI=1S/C18H24N4O3/c1-14-11-18(25-20-14)19-17(24)13-22-9-7-21(8-10-22)12-16(23)15-5-3-2-4-6-15/h2-6,11,16,23H,7-10,12-13H2,1H3,(H,19,24)/t16-/m1/s1. The van der Waals surface area contributed by atoms with Crippen LogP contribution in [0, 0.1) is 6.92 Å². The molecule has 0 radical (unpaired) electrons. The number of carbonyl (C=O) groups excluding carboxylic acids is 1. The van der Waals surface area contributed by atoms with E-state index in [1.807, 2.05) is 37.3 Å². The third-order valence-corrected chi connectivity index (χ3v) is 4.34. The number of piperazine rings is 1. The van der Waals surface area contributed by atoms with Gasteiger partial charge >= 0.3 is 0 Å². The number of benzene rings is 1. The highest BCUT2D eigenvalue weighted by molar-refractivity contribution is 5.90. The average molecular weight is 344 g/mol. The highest BCUT2D eigenvalue weighted by atomic mass is 16.5. The molecule has 7 heteroatoms. The number of anilines is 1. The summed E-state index contributed by atoms with van der Waals surface area (Å²) >= 11 is 0. The van der Waals surface area contributed by atoms with E-state index in [0.29, 0.717) is 19.0 Å². The minimum atomic E-state index is -0.481. The zero-order chi connectivity index (χ0) is 17.6. The minimum Gasteiger partial charge on any atom is -0.387 e. The molecule has 1 aliphatic rings. The average Bonchev–Trinajstić information content (AvgIpc) is 3.02. The molecule has 1 aliphatic heterocycles. The van der Waals surface area contributed by atoms with E-state index in [4.69, 9.17) is 4.52 Å². The van der Waals surface area contributed by atoms with Gasteiger partial charge in [0.25, 0.3) is 0 Å². The van der Waals surface area contributed by atoms with Gasteiger partial charge in [0.2, 0.25) is 11.8 Å². The molecule has 1 amide bonds. The quantitative estimate of drug-likeness (QED) is 0.821. The number of carbonyl (C=O) groups is 1. The number of nitrogens with zero attached hydrogens (tertiary/aromatic N) is 3. The van der Waals surface area contributed by atoms with Crippen LogP contribution in [0.1, 0.15) is 17.4 Å². The van der Waals surface area contributed by atoms with Crippen molar-refractivity contribution >= 4 is 11.8 Å². The third kappa shape index (κ3) is 5.12. The molecule has 3 rings (SSSR count). The van der Waals surface area contributed by atoms with Gasteiger partial charge in [-0.2, -0.15) is 0 Å². The molecule has 1 saturated heterocycles. The summed E-state index contributed by atoms with van der Waals surface area (Å²) in [5.41, 5.74) is 1.67. The van der Waals surface area contributed by atoms with E-state index in [1.165, 1.54) is 0 Å². The Kier molecular flexibility index (Phi) is 5.80. The fraction of sp³-hybridized carbons (Fsp3) is 0.444. The SMILES string of the molecule is Cc1cc(NC(=O)CN2CCN(C[C@@H](O)c3ccccc3)CC2)on1. The van der Waals surface area contributed by atoms with Crippen LogP contribution in [0.5, 0.6) is 0 Å². The first-order chi connectivity index (χ1) is 12.1. The van der Waals surface area contributed by atoms with Crippen molar-refractivity contribution < 1.29 is 14.4 Å². The molecular weight excluding hydrogens is 320 g/mol. The van der Waals surface area contributed by atoms with Crippen molar-refractivity contribution in [1.29, 1.82) is 0 Å². The van der Waals surface area contributed by atoms with Crippen molar-refractivity contribution in [3.8, 4) is 0 Å². The van der Waals surface area contributed by atoms with Crippen molar-refractivity contribution in [2.75, 3.05) is 44.6 Å². The van der Waals surface area contributed by atoms with Crippen LogP contribution in [0.2, 0.25) is 0 Å². The number of amides is 1. The van der Waals surface area contributed by atoms with E-state index in [0.717, 1.165) is 37.4 Å². The summed E-state index contributed by atoms with van der Waals surface area (Å²) < 4.78 is 4.99. The largest absolute Gasteiger partial charge is 0.387 e. The van der Waals surface area contributed by atoms with E-state index in [1.54, 1.807) is 6.07 Å². The van der Waals surface area contributed by atoms with Crippen LogP contribution in [0.4, 0.5) is 5.88 Å². The monoisotopic (exact) mass is 344 g/mol. The summed E-state index contributed by atoms with van der Waals surface area (Å²) in [6.45, 7) is 6.00. The molecule has 7 nitrogen and oxygen atoms in total. The van der Waals surface area contributed by atoms with Crippen LogP contribution >= 0.6 is 0 Å². The normalized spacial score (nSPS) is 17.4.